The summed E-state index contributed by atoms with van der Waals surface area (Å²) in [5, 5.41) is 8.70. The second-order valence-electron chi connectivity index (χ2n) is 1.68. The molecule has 0 atom stereocenters. The molecule has 54 valence electrons. The van der Waals surface area contributed by atoms with Gasteiger partial charge in [-0.2, -0.15) is 24.3 Å². The molecule has 0 fully saturated rings. The smallest absolute Gasteiger partial charge is 0.0471 e. The molecule has 0 spiro atoms. The van der Waals surface area contributed by atoms with Gasteiger partial charge in [-0.1, -0.05) is 3.57 Å². The van der Waals surface area contributed by atoms with Crippen molar-refractivity contribution >= 4 is 22.6 Å². The fourth-order valence-corrected chi connectivity index (χ4v) is 1.10. The Morgan fingerprint density at radius 3 is 2.70 bits per heavy atom. The molecule has 10 heavy (non-hydrogen) atoms. The van der Waals surface area contributed by atoms with Crippen molar-refractivity contribution in [2.24, 2.45) is 0 Å². The molecule has 0 aromatic heterocycles. The minimum Gasteiger partial charge on any atom is -0.394 e. The summed E-state index contributed by atoms with van der Waals surface area (Å²) in [6, 6.07) is 8.43. The van der Waals surface area contributed by atoms with E-state index in [4.69, 9.17) is 5.11 Å². The maximum Gasteiger partial charge on any atom is 0.0471 e. The zero-order chi connectivity index (χ0) is 6.69. The van der Waals surface area contributed by atoms with Crippen LogP contribution < -0.4 is 0 Å². The first kappa shape index (κ1) is 10.6. The van der Waals surface area contributed by atoms with E-state index in [1.54, 1.807) is 6.07 Å². The predicted molar refractivity (Wildman–Crippen MR) is 43.9 cm³/mol. The quantitative estimate of drug-likeness (QED) is 0.544. The van der Waals surface area contributed by atoms with Gasteiger partial charge in [-0.25, -0.2) is 0 Å². The number of benzene rings is 1. The van der Waals surface area contributed by atoms with E-state index in [1.807, 2.05) is 12.1 Å². The molecule has 0 bridgehead atoms. The molecule has 0 saturated carbocycles. The zero-order valence-corrected chi connectivity index (χ0v) is 10.3. The van der Waals surface area contributed by atoms with Crippen molar-refractivity contribution in [3.05, 3.63) is 33.4 Å². The molecule has 1 aromatic carbocycles. The number of aliphatic hydroxyl groups excluding tert-OH is 1. The maximum absolute atomic E-state index is 8.70. The summed E-state index contributed by atoms with van der Waals surface area (Å²) in [5.41, 5.74) is 0.967. The second-order valence-corrected chi connectivity index (χ2v) is 2.84. The van der Waals surface area contributed by atoms with Crippen molar-refractivity contribution in [2.75, 3.05) is 0 Å². The Kier molecular flexibility index (Phi) is 5.59. The van der Waals surface area contributed by atoms with Gasteiger partial charge in [0.1, 0.15) is 0 Å². The van der Waals surface area contributed by atoms with Crippen LogP contribution in [0.25, 0.3) is 0 Å². The van der Waals surface area contributed by atoms with Crippen LogP contribution in [0, 0.1) is 9.64 Å². The molecular formula is C7H6IOW-. The van der Waals surface area contributed by atoms with Crippen molar-refractivity contribution in [1.82, 2.24) is 0 Å². The molecular weight excluding hydrogens is 411 g/mol. The number of aliphatic hydroxyl groups is 1. The van der Waals surface area contributed by atoms with Crippen LogP contribution in [0.4, 0.5) is 0 Å². The van der Waals surface area contributed by atoms with Gasteiger partial charge >= 0.3 is 0 Å². The topological polar surface area (TPSA) is 20.2 Å². The Morgan fingerprint density at radius 2 is 2.30 bits per heavy atom. The van der Waals surface area contributed by atoms with Crippen LogP contribution in [-0.4, -0.2) is 5.11 Å². The van der Waals surface area contributed by atoms with Gasteiger partial charge in [-0.05, 0) is 0 Å². The molecule has 0 aliphatic rings. The molecule has 1 rings (SSSR count). The summed E-state index contributed by atoms with van der Waals surface area (Å²) >= 11 is 2.17. The fourth-order valence-electron chi connectivity index (χ4n) is 0.571. The van der Waals surface area contributed by atoms with E-state index < -0.39 is 0 Å². The molecule has 3 heteroatoms. The van der Waals surface area contributed by atoms with Crippen molar-refractivity contribution < 1.29 is 26.2 Å². The van der Waals surface area contributed by atoms with Crippen molar-refractivity contribution in [3.63, 3.8) is 0 Å². The third-order valence-electron chi connectivity index (χ3n) is 1.07. The standard InChI is InChI=1S/C7H6IO.W/c8-7-4-2-1-3-6(7)5-9;/h1,3-4,9H,5H2;/q-1;. The average Bonchev–Trinajstić information content (AvgIpc) is 1.89. The third-order valence-corrected chi connectivity index (χ3v) is 2.07. The summed E-state index contributed by atoms with van der Waals surface area (Å²) in [6.45, 7) is 0.118. The third kappa shape index (κ3) is 2.68. The molecule has 0 amide bonds. The SMILES string of the molecule is OCc1cc[c-]cc1I.[W]. The fraction of sp³-hybridized carbons (Fsp3) is 0.143. The van der Waals surface area contributed by atoms with Crippen LogP contribution in [0.1, 0.15) is 5.56 Å². The molecule has 0 radical (unpaired) electrons. The summed E-state index contributed by atoms with van der Waals surface area (Å²) in [5.74, 6) is 0. The van der Waals surface area contributed by atoms with Gasteiger partial charge in [0.2, 0.25) is 0 Å². The molecule has 0 aliphatic carbocycles. The van der Waals surface area contributed by atoms with E-state index in [1.165, 1.54) is 0 Å². The minimum absolute atomic E-state index is 0. The van der Waals surface area contributed by atoms with Gasteiger partial charge in [0, 0.05) is 27.7 Å². The Morgan fingerprint density at radius 1 is 1.60 bits per heavy atom. The van der Waals surface area contributed by atoms with Gasteiger partial charge in [-0.3, -0.25) is 0 Å². The van der Waals surface area contributed by atoms with Crippen molar-refractivity contribution in [3.8, 4) is 0 Å². The molecule has 1 aromatic rings. The van der Waals surface area contributed by atoms with Gasteiger partial charge < -0.3 is 5.11 Å². The Bertz CT molecular complexity index is 203. The van der Waals surface area contributed by atoms with Crippen LogP contribution in [0.3, 0.4) is 0 Å². The van der Waals surface area contributed by atoms with Crippen LogP contribution in [-0.2, 0) is 27.7 Å². The number of hydrogen-bond acceptors (Lipinski definition) is 1. The van der Waals surface area contributed by atoms with E-state index in [2.05, 4.69) is 28.7 Å². The van der Waals surface area contributed by atoms with Crippen LogP contribution in [0.2, 0.25) is 0 Å². The second kappa shape index (κ2) is 5.28. The van der Waals surface area contributed by atoms with E-state index >= 15 is 0 Å². The van der Waals surface area contributed by atoms with Crippen LogP contribution >= 0.6 is 22.6 Å². The van der Waals surface area contributed by atoms with Crippen LogP contribution in [0.5, 0.6) is 0 Å². The zero-order valence-electron chi connectivity index (χ0n) is 5.17. The normalized spacial score (nSPS) is 8.60. The Balaban J connectivity index is 0.000000810. The maximum atomic E-state index is 8.70. The number of hydrogen-bond donors (Lipinski definition) is 1. The van der Waals surface area contributed by atoms with E-state index in [0.29, 0.717) is 0 Å². The number of rotatable bonds is 1. The van der Waals surface area contributed by atoms with Gasteiger partial charge in [-0.15, -0.1) is 28.2 Å². The summed E-state index contributed by atoms with van der Waals surface area (Å²) in [6.07, 6.45) is 0. The molecule has 0 unspecified atom stereocenters. The van der Waals surface area contributed by atoms with Crippen LogP contribution in [0.15, 0.2) is 18.2 Å². The first-order chi connectivity index (χ1) is 4.34. The monoisotopic (exact) mass is 417 g/mol. The largest absolute Gasteiger partial charge is 0.394 e. The molecule has 1 nitrogen and oxygen atoms in total. The minimum atomic E-state index is 0. The molecule has 0 aliphatic heterocycles. The van der Waals surface area contributed by atoms with Gasteiger partial charge in [0.25, 0.3) is 0 Å². The molecule has 0 saturated heterocycles. The van der Waals surface area contributed by atoms with E-state index in [9.17, 15) is 0 Å². The number of halogens is 1. The predicted octanol–water partition coefficient (Wildman–Crippen LogP) is 1.58. The molecule has 0 heterocycles. The van der Waals surface area contributed by atoms with Gasteiger partial charge in [0.05, 0.1) is 0 Å². The average molecular weight is 417 g/mol. The summed E-state index contributed by atoms with van der Waals surface area (Å²) < 4.78 is 1.07. The van der Waals surface area contributed by atoms with E-state index in [0.717, 1.165) is 9.13 Å². The first-order valence-electron chi connectivity index (χ1n) is 2.60. The van der Waals surface area contributed by atoms with Gasteiger partial charge in [0.15, 0.2) is 0 Å². The van der Waals surface area contributed by atoms with Crippen molar-refractivity contribution in [2.45, 2.75) is 6.61 Å². The summed E-state index contributed by atoms with van der Waals surface area (Å²) in [4.78, 5) is 0. The first-order valence-corrected chi connectivity index (χ1v) is 3.68. The summed E-state index contributed by atoms with van der Waals surface area (Å²) in [7, 11) is 0. The Labute approximate surface area is 88.2 Å². The Hall–Kier alpha value is 0.598. The molecule has 1 N–H and O–H groups in total. The van der Waals surface area contributed by atoms with E-state index in [-0.39, 0.29) is 27.7 Å². The van der Waals surface area contributed by atoms with Crippen molar-refractivity contribution in [1.29, 1.82) is 0 Å².